The molecule has 0 saturated heterocycles. The van der Waals surface area contributed by atoms with Crippen molar-refractivity contribution in [2.45, 2.75) is 6.42 Å². The van der Waals surface area contributed by atoms with Gasteiger partial charge >= 0.3 is 29.6 Å². The summed E-state index contributed by atoms with van der Waals surface area (Å²) < 4.78 is 35.9. The van der Waals surface area contributed by atoms with Crippen molar-refractivity contribution in [3.63, 3.8) is 0 Å². The summed E-state index contributed by atoms with van der Waals surface area (Å²) in [5.41, 5.74) is 0. The van der Waals surface area contributed by atoms with Crippen LogP contribution in [0, 0.1) is 0 Å². The first-order chi connectivity index (χ1) is 6.58. The quantitative estimate of drug-likeness (QED) is 0.338. The summed E-state index contributed by atoms with van der Waals surface area (Å²) in [6.45, 7) is 0.242. The smallest absolute Gasteiger partial charge is 0.748 e. The van der Waals surface area contributed by atoms with Crippen molar-refractivity contribution in [3.8, 4) is 5.75 Å². The second-order valence-corrected chi connectivity index (χ2v) is 4.30. The predicted octanol–water partition coefficient (Wildman–Crippen LogP) is -2.00. The van der Waals surface area contributed by atoms with Gasteiger partial charge in [0.25, 0.3) is 0 Å². The molecule has 1 rings (SSSR count). The standard InChI is InChI=1S/C9H12O4S.Na/c10-14(11,12)8-4-7-13-9-5-2-1-3-6-9;/h1-3,5-6H,4,7-8H2,(H,10,11,12);/q;+1/p-1. The fourth-order valence-electron chi connectivity index (χ4n) is 0.942. The van der Waals surface area contributed by atoms with Gasteiger partial charge < -0.3 is 9.29 Å². The summed E-state index contributed by atoms with van der Waals surface area (Å²) in [6, 6.07) is 9.03. The summed E-state index contributed by atoms with van der Waals surface area (Å²) in [7, 11) is -4.11. The fraction of sp³-hybridized carbons (Fsp3) is 0.333. The van der Waals surface area contributed by atoms with Crippen molar-refractivity contribution in [1.82, 2.24) is 0 Å². The predicted molar refractivity (Wildman–Crippen MR) is 51.1 cm³/mol. The van der Waals surface area contributed by atoms with E-state index < -0.39 is 10.1 Å². The minimum Gasteiger partial charge on any atom is -0.748 e. The zero-order valence-electron chi connectivity index (χ0n) is 8.55. The van der Waals surface area contributed by atoms with Crippen LogP contribution in [0.2, 0.25) is 0 Å². The number of hydrogen-bond acceptors (Lipinski definition) is 4. The van der Waals surface area contributed by atoms with E-state index in [2.05, 4.69) is 0 Å². The van der Waals surface area contributed by atoms with Gasteiger partial charge in [0.2, 0.25) is 0 Å². The maximum atomic E-state index is 10.2. The molecule has 0 saturated carbocycles. The normalized spacial score (nSPS) is 10.5. The molecule has 0 amide bonds. The van der Waals surface area contributed by atoms with Gasteiger partial charge in [-0.1, -0.05) is 18.2 Å². The van der Waals surface area contributed by atoms with Crippen LogP contribution in [0.3, 0.4) is 0 Å². The van der Waals surface area contributed by atoms with Crippen molar-refractivity contribution in [1.29, 1.82) is 0 Å². The Morgan fingerprint density at radius 2 is 1.80 bits per heavy atom. The third-order valence-corrected chi connectivity index (χ3v) is 2.34. The minimum absolute atomic E-state index is 0. The summed E-state index contributed by atoms with van der Waals surface area (Å²) in [5.74, 6) is 0.301. The van der Waals surface area contributed by atoms with E-state index in [0.717, 1.165) is 0 Å². The Morgan fingerprint density at radius 1 is 1.20 bits per heavy atom. The third-order valence-electron chi connectivity index (χ3n) is 1.55. The number of rotatable bonds is 5. The molecule has 0 N–H and O–H groups in total. The van der Waals surface area contributed by atoms with Crippen molar-refractivity contribution in [2.24, 2.45) is 0 Å². The molecule has 0 bridgehead atoms. The molecule has 15 heavy (non-hydrogen) atoms. The Morgan fingerprint density at radius 3 is 2.33 bits per heavy atom. The molecule has 78 valence electrons. The Bertz CT molecular complexity index is 363. The molecular formula is C9H11NaO4S. The fourth-order valence-corrected chi connectivity index (χ4v) is 1.41. The van der Waals surface area contributed by atoms with Crippen LogP contribution in [0.25, 0.3) is 0 Å². The molecule has 0 aliphatic rings. The van der Waals surface area contributed by atoms with Crippen LogP contribution in [0.4, 0.5) is 0 Å². The molecule has 1 aromatic carbocycles. The monoisotopic (exact) mass is 238 g/mol. The van der Waals surface area contributed by atoms with Gasteiger partial charge in [0.05, 0.1) is 16.7 Å². The van der Waals surface area contributed by atoms with Crippen LogP contribution in [0.5, 0.6) is 5.75 Å². The summed E-state index contributed by atoms with van der Waals surface area (Å²) in [4.78, 5) is 0. The summed E-state index contributed by atoms with van der Waals surface area (Å²) in [6.07, 6.45) is 0.223. The van der Waals surface area contributed by atoms with Crippen LogP contribution in [-0.2, 0) is 10.1 Å². The van der Waals surface area contributed by atoms with E-state index in [0.29, 0.717) is 5.75 Å². The SMILES string of the molecule is O=S(=O)([O-])CCCOc1ccccc1.[Na+]. The maximum absolute atomic E-state index is 10.2. The van der Waals surface area contributed by atoms with Crippen LogP contribution < -0.4 is 34.3 Å². The van der Waals surface area contributed by atoms with Crippen LogP contribution >= 0.6 is 0 Å². The summed E-state index contributed by atoms with van der Waals surface area (Å²) in [5, 5.41) is 0. The molecule has 0 heterocycles. The van der Waals surface area contributed by atoms with Gasteiger partial charge in [0, 0.05) is 5.75 Å². The van der Waals surface area contributed by atoms with E-state index in [1.807, 2.05) is 18.2 Å². The van der Waals surface area contributed by atoms with E-state index in [1.54, 1.807) is 12.1 Å². The number of hydrogen-bond donors (Lipinski definition) is 0. The number of benzene rings is 1. The molecule has 0 radical (unpaired) electrons. The first-order valence-corrected chi connectivity index (χ1v) is 5.77. The molecule has 0 fully saturated rings. The van der Waals surface area contributed by atoms with E-state index in [4.69, 9.17) is 4.74 Å². The first kappa shape index (κ1) is 14.9. The molecule has 0 aromatic heterocycles. The Balaban J connectivity index is 0.00000196. The molecule has 4 nitrogen and oxygen atoms in total. The van der Waals surface area contributed by atoms with E-state index in [1.165, 1.54) is 0 Å². The van der Waals surface area contributed by atoms with Crippen LogP contribution in [0.15, 0.2) is 30.3 Å². The second kappa shape index (κ2) is 7.24. The van der Waals surface area contributed by atoms with Crippen molar-refractivity contribution in [3.05, 3.63) is 30.3 Å². The largest absolute Gasteiger partial charge is 1.00 e. The van der Waals surface area contributed by atoms with Gasteiger partial charge in [0.15, 0.2) is 0 Å². The van der Waals surface area contributed by atoms with Gasteiger partial charge in [-0.2, -0.15) is 0 Å². The van der Waals surface area contributed by atoms with Crippen molar-refractivity contribution >= 4 is 10.1 Å². The molecule has 0 atom stereocenters. The average molecular weight is 238 g/mol. The molecule has 1 aromatic rings. The second-order valence-electron chi connectivity index (χ2n) is 2.78. The Kier molecular flexibility index (Phi) is 7.21. The zero-order valence-corrected chi connectivity index (χ0v) is 11.4. The van der Waals surface area contributed by atoms with Gasteiger partial charge in [-0.05, 0) is 18.6 Å². The van der Waals surface area contributed by atoms with Gasteiger partial charge in [0.1, 0.15) is 5.75 Å². The summed E-state index contributed by atoms with van der Waals surface area (Å²) >= 11 is 0. The van der Waals surface area contributed by atoms with Crippen molar-refractivity contribution < 1.29 is 47.3 Å². The molecule has 0 aliphatic carbocycles. The minimum atomic E-state index is -4.11. The van der Waals surface area contributed by atoms with E-state index in [9.17, 15) is 13.0 Å². The first-order valence-electron chi connectivity index (χ1n) is 4.19. The molecule has 0 aliphatic heterocycles. The maximum Gasteiger partial charge on any atom is 1.00 e. The van der Waals surface area contributed by atoms with Gasteiger partial charge in [-0.25, -0.2) is 8.42 Å². The molecule has 6 heteroatoms. The van der Waals surface area contributed by atoms with Crippen LogP contribution in [-0.4, -0.2) is 25.3 Å². The third kappa shape index (κ3) is 7.81. The number of ether oxygens (including phenoxy) is 1. The van der Waals surface area contributed by atoms with Gasteiger partial charge in [-0.3, -0.25) is 0 Å². The molecular weight excluding hydrogens is 227 g/mol. The van der Waals surface area contributed by atoms with E-state index in [-0.39, 0.29) is 48.3 Å². The van der Waals surface area contributed by atoms with E-state index >= 15 is 0 Å². The Hall–Kier alpha value is -0.0700. The zero-order chi connectivity index (χ0) is 10.4. The van der Waals surface area contributed by atoms with Crippen molar-refractivity contribution in [2.75, 3.05) is 12.4 Å². The molecule has 0 unspecified atom stereocenters. The van der Waals surface area contributed by atoms with Crippen LogP contribution in [0.1, 0.15) is 6.42 Å². The molecule has 0 spiro atoms. The average Bonchev–Trinajstić information content (AvgIpc) is 2.13. The number of para-hydroxylation sites is 1. The van der Waals surface area contributed by atoms with Gasteiger partial charge in [-0.15, -0.1) is 0 Å². The Labute approximate surface area is 112 Å². The topological polar surface area (TPSA) is 66.4 Å².